The number of nitrogens with zero attached hydrogens (tertiary/aromatic N) is 1. The molecule has 1 N–H and O–H groups in total. The fourth-order valence-corrected chi connectivity index (χ4v) is 1.14. The number of nitrogens with one attached hydrogen (secondary N) is 1. The standard InChI is InChI=1S/C10H9N2/c1-8-7-10(12-11-8)9-5-3-2-4-6-9/h3-7H,1H3,(H,11,12). The Balaban J connectivity index is 2.45. The van der Waals surface area contributed by atoms with Crippen LogP contribution in [0.25, 0.3) is 11.3 Å². The summed E-state index contributed by atoms with van der Waals surface area (Å²) in [4.78, 5) is 0. The molecular formula is C10H9N2. The van der Waals surface area contributed by atoms with Gasteiger partial charge in [0.2, 0.25) is 0 Å². The molecule has 0 aliphatic rings. The maximum absolute atomic E-state index is 4.06. The first kappa shape index (κ1) is 7.10. The van der Waals surface area contributed by atoms with Gasteiger partial charge in [-0.05, 0) is 24.6 Å². The van der Waals surface area contributed by atoms with Crippen LogP contribution >= 0.6 is 0 Å². The predicted octanol–water partition coefficient (Wildman–Crippen LogP) is 2.19. The minimum atomic E-state index is 1.01. The predicted molar refractivity (Wildman–Crippen MR) is 47.6 cm³/mol. The first-order valence-corrected chi connectivity index (χ1v) is 3.85. The van der Waals surface area contributed by atoms with E-state index in [0.29, 0.717) is 0 Å². The average molecular weight is 157 g/mol. The summed E-state index contributed by atoms with van der Waals surface area (Å²) in [5.74, 6) is 0. The molecule has 0 saturated heterocycles. The fourth-order valence-electron chi connectivity index (χ4n) is 1.14. The summed E-state index contributed by atoms with van der Waals surface area (Å²) in [6.45, 7) is 1.97. The molecule has 0 atom stereocenters. The third kappa shape index (κ3) is 1.23. The van der Waals surface area contributed by atoms with E-state index in [4.69, 9.17) is 0 Å². The van der Waals surface area contributed by atoms with E-state index in [-0.39, 0.29) is 0 Å². The molecule has 12 heavy (non-hydrogen) atoms. The number of benzene rings is 1. The van der Waals surface area contributed by atoms with Crippen LogP contribution in [-0.2, 0) is 0 Å². The molecule has 1 radical (unpaired) electrons. The van der Waals surface area contributed by atoms with Gasteiger partial charge in [0.1, 0.15) is 0 Å². The van der Waals surface area contributed by atoms with Crippen molar-refractivity contribution in [3.63, 3.8) is 0 Å². The summed E-state index contributed by atoms with van der Waals surface area (Å²) >= 11 is 0. The van der Waals surface area contributed by atoms with E-state index in [1.54, 1.807) is 0 Å². The van der Waals surface area contributed by atoms with E-state index in [1.165, 1.54) is 0 Å². The third-order valence-electron chi connectivity index (χ3n) is 1.74. The third-order valence-corrected chi connectivity index (χ3v) is 1.74. The van der Waals surface area contributed by atoms with Crippen LogP contribution in [0.4, 0.5) is 0 Å². The van der Waals surface area contributed by atoms with Crippen LogP contribution in [0.3, 0.4) is 0 Å². The van der Waals surface area contributed by atoms with Crippen molar-refractivity contribution in [2.45, 2.75) is 6.92 Å². The van der Waals surface area contributed by atoms with Crippen LogP contribution in [0.2, 0.25) is 0 Å². The molecule has 0 spiro atoms. The summed E-state index contributed by atoms with van der Waals surface area (Å²) < 4.78 is 0. The van der Waals surface area contributed by atoms with E-state index >= 15 is 0 Å². The number of aromatic amines is 1. The highest BCUT2D eigenvalue weighted by molar-refractivity contribution is 5.58. The molecule has 59 valence electrons. The first-order chi connectivity index (χ1) is 5.86. The summed E-state index contributed by atoms with van der Waals surface area (Å²) in [7, 11) is 0. The fraction of sp³-hybridized carbons (Fsp3) is 0.100. The van der Waals surface area contributed by atoms with E-state index in [9.17, 15) is 0 Å². The molecule has 0 aliphatic heterocycles. The van der Waals surface area contributed by atoms with Gasteiger partial charge in [-0.25, -0.2) is 0 Å². The van der Waals surface area contributed by atoms with Crippen molar-refractivity contribution in [1.82, 2.24) is 10.2 Å². The topological polar surface area (TPSA) is 28.7 Å². The quantitative estimate of drug-likeness (QED) is 0.675. The Morgan fingerprint density at radius 3 is 2.67 bits per heavy atom. The summed E-state index contributed by atoms with van der Waals surface area (Å²) in [5, 5.41) is 7.02. The Hall–Kier alpha value is -1.57. The van der Waals surface area contributed by atoms with Crippen molar-refractivity contribution >= 4 is 0 Å². The average Bonchev–Trinajstić information content (AvgIpc) is 2.54. The lowest BCUT2D eigenvalue weighted by Crippen LogP contribution is -1.75. The number of aromatic nitrogens is 2. The molecule has 1 heterocycles. The lowest BCUT2D eigenvalue weighted by atomic mass is 10.1. The summed E-state index contributed by atoms with van der Waals surface area (Å²) in [6, 6.07) is 12.8. The molecule has 0 amide bonds. The van der Waals surface area contributed by atoms with Crippen molar-refractivity contribution in [3.8, 4) is 11.3 Å². The monoisotopic (exact) mass is 157 g/mol. The van der Waals surface area contributed by atoms with Gasteiger partial charge in [0, 0.05) is 0 Å². The van der Waals surface area contributed by atoms with E-state index in [1.807, 2.05) is 37.3 Å². The molecule has 0 bridgehead atoms. The van der Waals surface area contributed by atoms with Crippen LogP contribution in [0.5, 0.6) is 0 Å². The Bertz CT molecular complexity index is 362. The van der Waals surface area contributed by atoms with Gasteiger partial charge in [0.15, 0.2) is 0 Å². The number of hydrogen-bond acceptors (Lipinski definition) is 1. The van der Waals surface area contributed by atoms with Gasteiger partial charge in [0.25, 0.3) is 0 Å². The first-order valence-electron chi connectivity index (χ1n) is 3.85. The molecule has 1 aromatic heterocycles. The zero-order chi connectivity index (χ0) is 8.39. The Labute approximate surface area is 71.3 Å². The smallest absolute Gasteiger partial charge is 0.0652 e. The molecule has 2 heteroatoms. The maximum atomic E-state index is 4.06. The van der Waals surface area contributed by atoms with Crippen molar-refractivity contribution in [3.05, 3.63) is 42.1 Å². The largest absolute Gasteiger partial charge is 0.278 e. The summed E-state index contributed by atoms with van der Waals surface area (Å²) in [6.07, 6.45) is 0. The Morgan fingerprint density at radius 1 is 1.33 bits per heavy atom. The molecule has 1 aromatic carbocycles. The van der Waals surface area contributed by atoms with Gasteiger partial charge >= 0.3 is 0 Å². The highest BCUT2D eigenvalue weighted by atomic mass is 15.1. The highest BCUT2D eigenvalue weighted by Crippen LogP contribution is 2.15. The van der Waals surface area contributed by atoms with Crippen LogP contribution in [0, 0.1) is 13.0 Å². The van der Waals surface area contributed by atoms with Crippen LogP contribution in [0.1, 0.15) is 5.69 Å². The minimum absolute atomic E-state index is 1.01. The normalized spacial score (nSPS) is 10.1. The van der Waals surface area contributed by atoms with Gasteiger partial charge in [0.05, 0.1) is 11.4 Å². The number of rotatable bonds is 1. The van der Waals surface area contributed by atoms with Gasteiger partial charge in [-0.1, -0.05) is 24.3 Å². The highest BCUT2D eigenvalue weighted by Gasteiger charge is 1.97. The second-order valence-corrected chi connectivity index (χ2v) is 2.71. The molecule has 2 nitrogen and oxygen atoms in total. The van der Waals surface area contributed by atoms with Gasteiger partial charge in [-0.3, -0.25) is 5.10 Å². The van der Waals surface area contributed by atoms with Crippen molar-refractivity contribution in [1.29, 1.82) is 0 Å². The lowest BCUT2D eigenvalue weighted by Gasteiger charge is -1.93. The molecule has 0 unspecified atom stereocenters. The molecule has 0 saturated carbocycles. The molecule has 2 rings (SSSR count). The summed E-state index contributed by atoms with van der Waals surface area (Å²) in [5.41, 5.74) is 3.22. The lowest BCUT2D eigenvalue weighted by molar-refractivity contribution is 1.05. The van der Waals surface area contributed by atoms with Crippen LogP contribution in [-0.4, -0.2) is 10.2 Å². The number of hydrogen-bond donors (Lipinski definition) is 1. The van der Waals surface area contributed by atoms with Crippen molar-refractivity contribution in [2.75, 3.05) is 0 Å². The van der Waals surface area contributed by atoms with Crippen molar-refractivity contribution in [2.24, 2.45) is 0 Å². The van der Waals surface area contributed by atoms with Crippen LogP contribution < -0.4 is 0 Å². The van der Waals surface area contributed by atoms with E-state index < -0.39 is 0 Å². The zero-order valence-corrected chi connectivity index (χ0v) is 6.83. The van der Waals surface area contributed by atoms with Crippen LogP contribution in [0.15, 0.2) is 30.3 Å². The van der Waals surface area contributed by atoms with E-state index in [0.717, 1.165) is 17.0 Å². The molecule has 2 aromatic rings. The number of H-pyrrole nitrogens is 1. The Kier molecular flexibility index (Phi) is 1.67. The van der Waals surface area contributed by atoms with Gasteiger partial charge in [-0.15, -0.1) is 0 Å². The molecule has 0 fully saturated rings. The molecule has 0 aliphatic carbocycles. The van der Waals surface area contributed by atoms with Crippen molar-refractivity contribution < 1.29 is 0 Å². The van der Waals surface area contributed by atoms with E-state index in [2.05, 4.69) is 16.3 Å². The second-order valence-electron chi connectivity index (χ2n) is 2.71. The zero-order valence-electron chi connectivity index (χ0n) is 6.83. The van der Waals surface area contributed by atoms with Gasteiger partial charge < -0.3 is 0 Å². The second kappa shape index (κ2) is 2.81. The Morgan fingerprint density at radius 2 is 2.08 bits per heavy atom. The van der Waals surface area contributed by atoms with Gasteiger partial charge in [-0.2, -0.15) is 5.10 Å². The number of aryl methyl sites for hydroxylation is 1. The minimum Gasteiger partial charge on any atom is -0.278 e. The SMILES string of the molecule is Cc1cc(-c2cc[c]cc2)[nH]n1. The molecular weight excluding hydrogens is 148 g/mol. The maximum Gasteiger partial charge on any atom is 0.0652 e.